The number of methoxy groups -OCH3 is 1. The third-order valence-corrected chi connectivity index (χ3v) is 4.24. The molecule has 0 aliphatic carbocycles. The fourth-order valence-electron chi connectivity index (χ4n) is 2.59. The van der Waals surface area contributed by atoms with Gasteiger partial charge in [-0.3, -0.25) is 4.79 Å². The highest BCUT2D eigenvalue weighted by molar-refractivity contribution is 6.04. The van der Waals surface area contributed by atoms with Crippen molar-refractivity contribution in [2.75, 3.05) is 33.5 Å². The van der Waals surface area contributed by atoms with Crippen molar-refractivity contribution in [2.45, 2.75) is 47.1 Å². The van der Waals surface area contributed by atoms with Gasteiger partial charge in [0.1, 0.15) is 18.0 Å². The number of aliphatic hydroxyl groups is 1. The lowest BCUT2D eigenvalue weighted by Crippen LogP contribution is -2.32. The average Bonchev–Trinajstić information content (AvgIpc) is 2.50. The number of ether oxygens (including phenoxy) is 3. The summed E-state index contributed by atoms with van der Waals surface area (Å²) in [7, 11) is 1.63. The van der Waals surface area contributed by atoms with Crippen molar-refractivity contribution >= 4 is 5.78 Å². The monoisotopic (exact) mass is 338 g/mol. The highest BCUT2D eigenvalue weighted by Crippen LogP contribution is 2.34. The van der Waals surface area contributed by atoms with E-state index in [1.54, 1.807) is 7.11 Å². The summed E-state index contributed by atoms with van der Waals surface area (Å²) >= 11 is 0. The second kappa shape index (κ2) is 8.60. The minimum atomic E-state index is -1.40. The zero-order chi connectivity index (χ0) is 18.5. The minimum absolute atomic E-state index is 0.266. The summed E-state index contributed by atoms with van der Waals surface area (Å²) < 4.78 is 16.2. The van der Waals surface area contributed by atoms with E-state index in [1.165, 1.54) is 13.8 Å². The van der Waals surface area contributed by atoms with E-state index in [0.717, 1.165) is 28.0 Å². The SMILES string of the molecule is COCCOCCOc1c(C)c(C)c(C(=O)C(C)(C)O)c(C)c1C. The predicted octanol–water partition coefficient (Wildman–Crippen LogP) is 2.92. The van der Waals surface area contributed by atoms with Crippen LogP contribution in [0.15, 0.2) is 0 Å². The summed E-state index contributed by atoms with van der Waals surface area (Å²) in [6.07, 6.45) is 0. The number of hydrogen-bond acceptors (Lipinski definition) is 5. The van der Waals surface area contributed by atoms with Gasteiger partial charge in [-0.15, -0.1) is 0 Å². The lowest BCUT2D eigenvalue weighted by Gasteiger charge is -2.24. The normalized spacial score (nSPS) is 11.7. The minimum Gasteiger partial charge on any atom is -0.491 e. The molecule has 0 bridgehead atoms. The molecular weight excluding hydrogens is 308 g/mol. The highest BCUT2D eigenvalue weighted by Gasteiger charge is 2.30. The van der Waals surface area contributed by atoms with Gasteiger partial charge in [-0.2, -0.15) is 0 Å². The van der Waals surface area contributed by atoms with Crippen LogP contribution in [-0.2, 0) is 9.47 Å². The standard InChI is InChI=1S/C19H30O5/c1-12-14(3)17(24-11-10-23-9-8-22-7)15(4)13(2)16(12)18(20)19(5,6)21/h21H,8-11H2,1-7H3. The maximum Gasteiger partial charge on any atom is 0.194 e. The third kappa shape index (κ3) is 4.79. The number of carbonyl (C=O) groups is 1. The molecule has 0 fully saturated rings. The zero-order valence-electron chi connectivity index (χ0n) is 15.9. The van der Waals surface area contributed by atoms with E-state index in [1.807, 2.05) is 27.7 Å². The van der Waals surface area contributed by atoms with Crippen molar-refractivity contribution in [3.8, 4) is 5.75 Å². The first kappa shape index (κ1) is 20.6. The van der Waals surface area contributed by atoms with Crippen LogP contribution in [0.4, 0.5) is 0 Å². The van der Waals surface area contributed by atoms with Gasteiger partial charge < -0.3 is 19.3 Å². The molecule has 0 amide bonds. The molecule has 1 aromatic rings. The summed E-state index contributed by atoms with van der Waals surface area (Å²) in [6.45, 7) is 12.7. The molecule has 136 valence electrons. The number of carbonyl (C=O) groups excluding carboxylic acids is 1. The molecule has 5 heteroatoms. The topological polar surface area (TPSA) is 65.0 Å². The van der Waals surface area contributed by atoms with Gasteiger partial charge in [0, 0.05) is 12.7 Å². The van der Waals surface area contributed by atoms with Crippen LogP contribution < -0.4 is 4.74 Å². The Bertz CT molecular complexity index is 555. The molecule has 1 aromatic carbocycles. The second-order valence-electron chi connectivity index (χ2n) is 6.55. The highest BCUT2D eigenvalue weighted by atomic mass is 16.5. The number of rotatable bonds is 9. The maximum atomic E-state index is 12.6. The molecule has 0 atom stereocenters. The van der Waals surface area contributed by atoms with E-state index in [-0.39, 0.29) is 5.78 Å². The van der Waals surface area contributed by atoms with Crippen molar-refractivity contribution < 1.29 is 24.1 Å². The van der Waals surface area contributed by atoms with Gasteiger partial charge in [0.05, 0.1) is 19.8 Å². The van der Waals surface area contributed by atoms with Crippen molar-refractivity contribution in [1.29, 1.82) is 0 Å². The largest absolute Gasteiger partial charge is 0.491 e. The van der Waals surface area contributed by atoms with Crippen LogP contribution in [0.1, 0.15) is 46.5 Å². The molecule has 0 heterocycles. The van der Waals surface area contributed by atoms with Gasteiger partial charge in [0.2, 0.25) is 0 Å². The molecule has 0 saturated carbocycles. The summed E-state index contributed by atoms with van der Waals surface area (Å²) in [5, 5.41) is 10.1. The first-order chi connectivity index (χ1) is 11.1. The molecular formula is C19H30O5. The lowest BCUT2D eigenvalue weighted by molar-refractivity contribution is 0.0485. The molecule has 0 unspecified atom stereocenters. The summed E-state index contributed by atoms with van der Waals surface area (Å²) in [5.41, 5.74) is 2.72. The molecule has 0 aromatic heterocycles. The molecule has 0 aliphatic heterocycles. The molecule has 24 heavy (non-hydrogen) atoms. The summed E-state index contributed by atoms with van der Waals surface area (Å²) in [5.74, 6) is 0.519. The molecule has 5 nitrogen and oxygen atoms in total. The average molecular weight is 338 g/mol. The van der Waals surface area contributed by atoms with Gasteiger partial charge in [-0.05, 0) is 63.8 Å². The predicted molar refractivity (Wildman–Crippen MR) is 94.2 cm³/mol. The van der Waals surface area contributed by atoms with Gasteiger partial charge in [0.15, 0.2) is 5.78 Å². The van der Waals surface area contributed by atoms with Crippen LogP contribution in [-0.4, -0.2) is 50.0 Å². The van der Waals surface area contributed by atoms with Crippen LogP contribution in [0, 0.1) is 27.7 Å². The van der Waals surface area contributed by atoms with Crippen LogP contribution in [0.3, 0.4) is 0 Å². The van der Waals surface area contributed by atoms with E-state index in [0.29, 0.717) is 32.0 Å². The Morgan fingerprint density at radius 1 is 0.917 bits per heavy atom. The van der Waals surface area contributed by atoms with Crippen molar-refractivity contribution in [1.82, 2.24) is 0 Å². The van der Waals surface area contributed by atoms with Crippen molar-refractivity contribution in [2.24, 2.45) is 0 Å². The summed E-state index contributed by atoms with van der Waals surface area (Å²) in [6, 6.07) is 0. The fourth-order valence-corrected chi connectivity index (χ4v) is 2.59. The Labute approximate surface area is 144 Å². The number of ketones is 1. The number of Topliss-reactive ketones (excluding diaryl/α,β-unsaturated/α-hetero) is 1. The Hall–Kier alpha value is -1.43. The van der Waals surface area contributed by atoms with E-state index < -0.39 is 5.60 Å². The van der Waals surface area contributed by atoms with Crippen LogP contribution in [0.25, 0.3) is 0 Å². The molecule has 1 rings (SSSR count). The smallest absolute Gasteiger partial charge is 0.194 e. The Morgan fingerprint density at radius 3 is 1.88 bits per heavy atom. The van der Waals surface area contributed by atoms with Gasteiger partial charge in [-0.25, -0.2) is 0 Å². The van der Waals surface area contributed by atoms with E-state index in [4.69, 9.17) is 14.2 Å². The van der Waals surface area contributed by atoms with Crippen LogP contribution in [0.2, 0.25) is 0 Å². The van der Waals surface area contributed by atoms with Gasteiger partial charge in [-0.1, -0.05) is 0 Å². The van der Waals surface area contributed by atoms with E-state index in [9.17, 15) is 9.90 Å². The van der Waals surface area contributed by atoms with Crippen molar-refractivity contribution in [3.05, 3.63) is 27.8 Å². The molecule has 1 N–H and O–H groups in total. The van der Waals surface area contributed by atoms with E-state index >= 15 is 0 Å². The zero-order valence-corrected chi connectivity index (χ0v) is 15.9. The molecule has 0 radical (unpaired) electrons. The van der Waals surface area contributed by atoms with Gasteiger partial charge >= 0.3 is 0 Å². The first-order valence-corrected chi connectivity index (χ1v) is 8.19. The lowest BCUT2D eigenvalue weighted by atomic mass is 9.85. The quantitative estimate of drug-likeness (QED) is 0.554. The summed E-state index contributed by atoms with van der Waals surface area (Å²) in [4.78, 5) is 12.6. The number of hydrogen-bond donors (Lipinski definition) is 1. The Morgan fingerprint density at radius 2 is 1.42 bits per heavy atom. The second-order valence-corrected chi connectivity index (χ2v) is 6.55. The maximum absolute atomic E-state index is 12.6. The van der Waals surface area contributed by atoms with Crippen molar-refractivity contribution in [3.63, 3.8) is 0 Å². The third-order valence-electron chi connectivity index (χ3n) is 4.24. The molecule has 0 aliphatic rings. The fraction of sp³-hybridized carbons (Fsp3) is 0.632. The number of benzene rings is 1. The molecule has 0 saturated heterocycles. The molecule has 0 spiro atoms. The van der Waals surface area contributed by atoms with Gasteiger partial charge in [0.25, 0.3) is 0 Å². The van der Waals surface area contributed by atoms with E-state index in [2.05, 4.69) is 0 Å². The Kier molecular flexibility index (Phi) is 7.39. The van der Waals surface area contributed by atoms with Crippen LogP contribution in [0.5, 0.6) is 5.75 Å². The Balaban J connectivity index is 3.00. The first-order valence-electron chi connectivity index (χ1n) is 8.19. The van der Waals surface area contributed by atoms with Crippen LogP contribution >= 0.6 is 0 Å².